The van der Waals surface area contributed by atoms with Crippen LogP contribution in [0, 0.1) is 5.82 Å². The molecule has 0 bridgehead atoms. The van der Waals surface area contributed by atoms with Crippen molar-refractivity contribution < 1.29 is 22.3 Å². The average Bonchev–Trinajstić information content (AvgIpc) is 3.02. The smallest absolute Gasteiger partial charge is 0.249 e. The highest BCUT2D eigenvalue weighted by molar-refractivity contribution is 7.91. The molecule has 0 aliphatic rings. The summed E-state index contributed by atoms with van der Waals surface area (Å²) in [6, 6.07) is 10.4. The topological polar surface area (TPSA) is 77.7 Å². The third-order valence-electron chi connectivity index (χ3n) is 4.18. The number of carbonyl (C=O) groups is 1. The Morgan fingerprint density at radius 3 is 2.57 bits per heavy atom. The number of methoxy groups -OCH3 is 1. The number of thiazole rings is 1. The fourth-order valence-electron chi connectivity index (χ4n) is 2.72. The number of aromatic nitrogens is 1. The molecule has 0 saturated heterocycles. The Kier molecular flexibility index (Phi) is 5.95. The summed E-state index contributed by atoms with van der Waals surface area (Å²) in [5, 5.41) is 0. The molecule has 9 heteroatoms. The van der Waals surface area contributed by atoms with Crippen LogP contribution in [0.4, 0.5) is 4.39 Å². The number of ether oxygens (including phenoxy) is 1. The second-order valence-corrected chi connectivity index (χ2v) is 9.11. The number of hydrogen-bond donors (Lipinski definition) is 0. The molecule has 0 aliphatic carbocycles. The highest BCUT2D eigenvalue weighted by Gasteiger charge is 2.17. The maximum Gasteiger partial charge on any atom is 0.249 e. The van der Waals surface area contributed by atoms with Crippen LogP contribution in [0.3, 0.4) is 0 Å². The summed E-state index contributed by atoms with van der Waals surface area (Å²) in [4.78, 5) is 16.9. The molecule has 1 amide bonds. The van der Waals surface area contributed by atoms with Gasteiger partial charge < -0.3 is 9.30 Å². The van der Waals surface area contributed by atoms with E-state index in [1.165, 1.54) is 42.7 Å². The van der Waals surface area contributed by atoms with Crippen LogP contribution in [0.5, 0.6) is 5.75 Å². The number of halogens is 1. The second-order valence-electron chi connectivity index (χ2n) is 5.99. The first-order valence-electron chi connectivity index (χ1n) is 8.57. The van der Waals surface area contributed by atoms with Crippen molar-refractivity contribution in [2.45, 2.75) is 24.8 Å². The van der Waals surface area contributed by atoms with E-state index in [1.54, 1.807) is 22.8 Å². The van der Waals surface area contributed by atoms with Gasteiger partial charge in [-0.25, -0.2) is 12.8 Å². The molecule has 0 spiro atoms. The molecule has 3 aromatic rings. The van der Waals surface area contributed by atoms with Crippen molar-refractivity contribution in [3.63, 3.8) is 0 Å². The van der Waals surface area contributed by atoms with E-state index in [4.69, 9.17) is 4.74 Å². The molecule has 0 aliphatic heterocycles. The summed E-state index contributed by atoms with van der Waals surface area (Å²) in [5.74, 6) is -0.685. The lowest BCUT2D eigenvalue weighted by Gasteiger charge is -2.04. The van der Waals surface area contributed by atoms with Gasteiger partial charge in [-0.05, 0) is 49.4 Å². The monoisotopic (exact) mass is 422 g/mol. The molecule has 2 aromatic carbocycles. The SMILES string of the molecule is CCn1c(=NC(=O)CCS(=O)(=O)c2ccc(OC)cc2)sc2cc(F)ccc21. The molecular formula is C19H19FN2O4S2. The minimum atomic E-state index is -3.61. The summed E-state index contributed by atoms with van der Waals surface area (Å²) >= 11 is 1.20. The van der Waals surface area contributed by atoms with E-state index in [9.17, 15) is 17.6 Å². The molecule has 0 atom stereocenters. The quantitative estimate of drug-likeness (QED) is 0.611. The Labute approximate surface area is 165 Å². The number of amides is 1. The van der Waals surface area contributed by atoms with Crippen LogP contribution in [-0.2, 0) is 21.2 Å². The van der Waals surface area contributed by atoms with E-state index in [0.717, 1.165) is 5.52 Å². The number of fused-ring (bicyclic) bond motifs is 1. The summed E-state index contributed by atoms with van der Waals surface area (Å²) < 4.78 is 45.7. The Bertz CT molecular complexity index is 1180. The summed E-state index contributed by atoms with van der Waals surface area (Å²) in [6.45, 7) is 2.45. The van der Waals surface area contributed by atoms with E-state index in [1.807, 2.05) is 6.92 Å². The molecule has 0 radical (unpaired) electrons. The molecule has 0 unspecified atom stereocenters. The van der Waals surface area contributed by atoms with E-state index >= 15 is 0 Å². The molecule has 0 N–H and O–H groups in total. The van der Waals surface area contributed by atoms with Crippen molar-refractivity contribution in [3.8, 4) is 5.75 Å². The van der Waals surface area contributed by atoms with Gasteiger partial charge in [-0.1, -0.05) is 11.3 Å². The molecule has 3 rings (SSSR count). The third-order valence-corrected chi connectivity index (χ3v) is 6.96. The zero-order valence-corrected chi connectivity index (χ0v) is 17.0. The van der Waals surface area contributed by atoms with Crippen LogP contribution in [-0.4, -0.2) is 31.8 Å². The molecule has 1 heterocycles. The lowest BCUT2D eigenvalue weighted by molar-refractivity contribution is -0.117. The van der Waals surface area contributed by atoms with Gasteiger partial charge in [-0.2, -0.15) is 4.99 Å². The minimum Gasteiger partial charge on any atom is -0.497 e. The standard InChI is InChI=1S/C19H19FN2O4S2/c1-3-22-16-9-4-13(20)12-17(16)27-19(22)21-18(23)10-11-28(24,25)15-7-5-14(26-2)6-8-15/h4-9,12H,3,10-11H2,1-2H3. The van der Waals surface area contributed by atoms with Gasteiger partial charge in [0.2, 0.25) is 5.91 Å². The van der Waals surface area contributed by atoms with Gasteiger partial charge in [-0.3, -0.25) is 4.79 Å². The Balaban J connectivity index is 1.80. The Hall–Kier alpha value is -2.52. The number of aryl methyl sites for hydroxylation is 1. The van der Waals surface area contributed by atoms with E-state index < -0.39 is 15.7 Å². The highest BCUT2D eigenvalue weighted by atomic mass is 32.2. The largest absolute Gasteiger partial charge is 0.497 e. The lowest BCUT2D eigenvalue weighted by Crippen LogP contribution is -2.17. The second kappa shape index (κ2) is 8.24. The van der Waals surface area contributed by atoms with Gasteiger partial charge in [0.05, 0.1) is 28.0 Å². The predicted molar refractivity (Wildman–Crippen MR) is 106 cm³/mol. The van der Waals surface area contributed by atoms with E-state index in [2.05, 4.69) is 4.99 Å². The molecule has 28 heavy (non-hydrogen) atoms. The number of sulfone groups is 1. The Morgan fingerprint density at radius 2 is 1.93 bits per heavy atom. The number of carbonyl (C=O) groups excluding carboxylic acids is 1. The lowest BCUT2D eigenvalue weighted by atomic mass is 10.3. The zero-order chi connectivity index (χ0) is 20.3. The van der Waals surface area contributed by atoms with Crippen molar-refractivity contribution in [2.24, 2.45) is 4.99 Å². The number of rotatable bonds is 6. The molecule has 6 nitrogen and oxygen atoms in total. The van der Waals surface area contributed by atoms with Gasteiger partial charge in [-0.15, -0.1) is 0 Å². The van der Waals surface area contributed by atoms with Crippen molar-refractivity contribution in [2.75, 3.05) is 12.9 Å². The van der Waals surface area contributed by atoms with Crippen LogP contribution >= 0.6 is 11.3 Å². The van der Waals surface area contributed by atoms with Crippen LogP contribution in [0.15, 0.2) is 52.4 Å². The third kappa shape index (κ3) is 4.31. The first kappa shape index (κ1) is 20.2. The summed E-state index contributed by atoms with van der Waals surface area (Å²) in [7, 11) is -2.11. The van der Waals surface area contributed by atoms with Gasteiger partial charge in [0.25, 0.3) is 0 Å². The number of nitrogens with zero attached hydrogens (tertiary/aromatic N) is 2. The van der Waals surface area contributed by atoms with Crippen LogP contribution in [0.25, 0.3) is 10.2 Å². The van der Waals surface area contributed by atoms with E-state index in [0.29, 0.717) is 21.8 Å². The Morgan fingerprint density at radius 1 is 1.21 bits per heavy atom. The minimum absolute atomic E-state index is 0.127. The molecule has 0 saturated carbocycles. The molecule has 148 valence electrons. The maximum absolute atomic E-state index is 13.4. The number of hydrogen-bond acceptors (Lipinski definition) is 5. The van der Waals surface area contributed by atoms with Crippen molar-refractivity contribution in [1.82, 2.24) is 4.57 Å². The highest BCUT2D eigenvalue weighted by Crippen LogP contribution is 2.19. The average molecular weight is 423 g/mol. The van der Waals surface area contributed by atoms with Gasteiger partial charge in [0.1, 0.15) is 11.6 Å². The molecular weight excluding hydrogens is 403 g/mol. The molecule has 0 fully saturated rings. The maximum atomic E-state index is 13.4. The first-order chi connectivity index (χ1) is 13.3. The predicted octanol–water partition coefficient (Wildman–Crippen LogP) is 3.16. The van der Waals surface area contributed by atoms with Crippen LogP contribution < -0.4 is 9.54 Å². The zero-order valence-electron chi connectivity index (χ0n) is 15.4. The van der Waals surface area contributed by atoms with Gasteiger partial charge in [0, 0.05) is 13.0 Å². The normalized spacial score (nSPS) is 12.5. The first-order valence-corrected chi connectivity index (χ1v) is 11.0. The van der Waals surface area contributed by atoms with Crippen LogP contribution in [0.1, 0.15) is 13.3 Å². The fraction of sp³-hybridized carbons (Fsp3) is 0.263. The van der Waals surface area contributed by atoms with E-state index in [-0.39, 0.29) is 22.9 Å². The summed E-state index contributed by atoms with van der Waals surface area (Å²) in [5.41, 5.74) is 0.784. The van der Waals surface area contributed by atoms with Crippen molar-refractivity contribution >= 4 is 37.3 Å². The number of benzene rings is 2. The summed E-state index contributed by atoms with van der Waals surface area (Å²) in [6.07, 6.45) is -0.235. The van der Waals surface area contributed by atoms with Gasteiger partial charge >= 0.3 is 0 Å². The van der Waals surface area contributed by atoms with Crippen molar-refractivity contribution in [3.05, 3.63) is 53.1 Å². The fourth-order valence-corrected chi connectivity index (χ4v) is 5.09. The molecule has 1 aromatic heterocycles. The van der Waals surface area contributed by atoms with Crippen LogP contribution in [0.2, 0.25) is 0 Å². The van der Waals surface area contributed by atoms with Gasteiger partial charge in [0.15, 0.2) is 14.6 Å². The van der Waals surface area contributed by atoms with Crippen molar-refractivity contribution in [1.29, 1.82) is 0 Å².